The van der Waals surface area contributed by atoms with Gasteiger partial charge in [-0.05, 0) is 58.4 Å². The monoisotopic (exact) mass is 459 g/mol. The van der Waals surface area contributed by atoms with Crippen LogP contribution in [0.25, 0.3) is 0 Å². The van der Waals surface area contributed by atoms with Gasteiger partial charge in [0.1, 0.15) is 6.61 Å². The molecule has 2 rings (SSSR count). The van der Waals surface area contributed by atoms with Crippen molar-refractivity contribution < 1.29 is 19.5 Å². The van der Waals surface area contributed by atoms with Gasteiger partial charge in [0.05, 0.1) is 6.04 Å². The Kier molecular flexibility index (Phi) is 9.49. The van der Waals surface area contributed by atoms with Crippen molar-refractivity contribution in [2.45, 2.75) is 97.0 Å². The Bertz CT molecular complexity index is 787. The molecule has 7 heteroatoms. The van der Waals surface area contributed by atoms with Crippen molar-refractivity contribution in [2.75, 3.05) is 0 Å². The van der Waals surface area contributed by atoms with Crippen molar-refractivity contribution >= 4 is 12.0 Å². The number of nitrogens with one attached hydrogen (secondary N) is 2. The molecule has 0 saturated carbocycles. The molecule has 0 aromatic heterocycles. The minimum atomic E-state index is -0.473. The van der Waals surface area contributed by atoms with Gasteiger partial charge in [0.2, 0.25) is 5.91 Å². The van der Waals surface area contributed by atoms with Crippen LogP contribution in [0.2, 0.25) is 0 Å². The predicted molar refractivity (Wildman–Crippen MR) is 130 cm³/mol. The van der Waals surface area contributed by atoms with Crippen molar-refractivity contribution in [1.82, 2.24) is 15.7 Å². The highest BCUT2D eigenvalue weighted by Crippen LogP contribution is 2.36. The number of ether oxygens (including phenoxy) is 1. The van der Waals surface area contributed by atoms with Gasteiger partial charge in [-0.3, -0.25) is 4.79 Å². The Balaban J connectivity index is 1.85. The molecule has 1 aromatic rings. The first-order chi connectivity index (χ1) is 15.4. The van der Waals surface area contributed by atoms with E-state index in [4.69, 9.17) is 4.74 Å². The smallest absolute Gasteiger partial charge is 0.407 e. The number of carbonyl (C=O) groups is 2. The third-order valence-electron chi connectivity index (χ3n) is 5.92. The molecule has 0 radical (unpaired) electrons. The average Bonchev–Trinajstić information content (AvgIpc) is 2.70. The molecule has 0 bridgehead atoms. The fourth-order valence-corrected chi connectivity index (χ4v) is 4.61. The summed E-state index contributed by atoms with van der Waals surface area (Å²) in [5.74, 6) is 0.306. The van der Waals surface area contributed by atoms with Gasteiger partial charge in [0.15, 0.2) is 0 Å². The number of amides is 2. The largest absolute Gasteiger partial charge is 0.445 e. The van der Waals surface area contributed by atoms with Gasteiger partial charge >= 0.3 is 6.09 Å². The Morgan fingerprint density at radius 1 is 1.15 bits per heavy atom. The number of rotatable bonds is 9. The second kappa shape index (κ2) is 11.7. The topological polar surface area (TPSA) is 90.9 Å². The number of hydrogen-bond acceptors (Lipinski definition) is 5. The third kappa shape index (κ3) is 8.82. The number of benzene rings is 1. The summed E-state index contributed by atoms with van der Waals surface area (Å²) < 4.78 is 5.33. The maximum absolute atomic E-state index is 12.5. The lowest BCUT2D eigenvalue weighted by Gasteiger charge is -2.51. The molecule has 1 aromatic carbocycles. The molecule has 1 atom stereocenters. The summed E-state index contributed by atoms with van der Waals surface area (Å²) in [6, 6.07) is 9.32. The van der Waals surface area contributed by atoms with Crippen molar-refractivity contribution in [1.29, 1.82) is 0 Å². The first kappa shape index (κ1) is 26.9. The first-order valence-corrected chi connectivity index (χ1v) is 11.8. The van der Waals surface area contributed by atoms with Crippen molar-refractivity contribution in [3.05, 3.63) is 48.0 Å². The quantitative estimate of drug-likeness (QED) is 0.462. The van der Waals surface area contributed by atoms with Crippen LogP contribution in [-0.4, -0.2) is 45.4 Å². The van der Waals surface area contributed by atoms with E-state index in [-0.39, 0.29) is 31.0 Å². The predicted octanol–water partition coefficient (Wildman–Crippen LogP) is 4.80. The minimum Gasteiger partial charge on any atom is -0.445 e. The number of hydrogen-bond donors (Lipinski definition) is 3. The standard InChI is InChI=1S/C26H41N3O4/c1-19(2)15-21(28-24(31)33-18-20-11-8-7-9-12-20)13-10-14-23(30)27-22-16-25(3,4)29(32)26(5,6)17-22/h7-13,19,21-22,32H,14-18H2,1-6H3,(H,27,30)(H,28,31)/b13-10+/t21-/m1/s1. The molecule has 33 heavy (non-hydrogen) atoms. The van der Waals surface area contributed by atoms with E-state index in [1.54, 1.807) is 6.08 Å². The van der Waals surface area contributed by atoms with E-state index in [9.17, 15) is 14.8 Å². The van der Waals surface area contributed by atoms with Crippen LogP contribution in [0.4, 0.5) is 4.79 Å². The van der Waals surface area contributed by atoms with Gasteiger partial charge < -0.3 is 20.6 Å². The van der Waals surface area contributed by atoms with Crippen LogP contribution in [0.5, 0.6) is 0 Å². The van der Waals surface area contributed by atoms with E-state index in [1.807, 2.05) is 64.1 Å². The van der Waals surface area contributed by atoms with Gasteiger partial charge in [0.25, 0.3) is 0 Å². The second-order valence-electron chi connectivity index (χ2n) is 10.7. The zero-order valence-corrected chi connectivity index (χ0v) is 20.9. The fraction of sp³-hybridized carbons (Fsp3) is 0.615. The number of nitrogens with zero attached hydrogens (tertiary/aromatic N) is 1. The van der Waals surface area contributed by atoms with Crippen LogP contribution < -0.4 is 10.6 Å². The third-order valence-corrected chi connectivity index (χ3v) is 5.92. The zero-order valence-electron chi connectivity index (χ0n) is 20.9. The Hall–Kier alpha value is -2.38. The molecule has 1 heterocycles. The summed E-state index contributed by atoms with van der Waals surface area (Å²) in [6.07, 6.45) is 5.52. The van der Waals surface area contributed by atoms with E-state index in [0.29, 0.717) is 18.8 Å². The molecule has 184 valence electrons. The van der Waals surface area contributed by atoms with Crippen molar-refractivity contribution in [3.63, 3.8) is 0 Å². The SMILES string of the molecule is CC(C)C[C@@H](/C=C/CC(=O)NC1CC(C)(C)N(O)C(C)(C)C1)NC(=O)OCc1ccccc1. The van der Waals surface area contributed by atoms with Gasteiger partial charge in [-0.15, -0.1) is 0 Å². The zero-order chi connectivity index (χ0) is 24.6. The lowest BCUT2D eigenvalue weighted by atomic mass is 9.79. The molecule has 3 N–H and O–H groups in total. The average molecular weight is 460 g/mol. The van der Waals surface area contributed by atoms with Crippen LogP contribution in [0.15, 0.2) is 42.5 Å². The summed E-state index contributed by atoms with van der Waals surface area (Å²) in [5, 5.41) is 17.8. The van der Waals surface area contributed by atoms with E-state index in [0.717, 1.165) is 12.0 Å². The molecular weight excluding hydrogens is 418 g/mol. The van der Waals surface area contributed by atoms with Gasteiger partial charge in [0, 0.05) is 23.5 Å². The van der Waals surface area contributed by atoms with Gasteiger partial charge in [-0.1, -0.05) is 56.3 Å². The summed E-state index contributed by atoms with van der Waals surface area (Å²) >= 11 is 0. The first-order valence-electron chi connectivity index (χ1n) is 11.8. The number of alkyl carbamates (subject to hydrolysis) is 1. The fourth-order valence-electron chi connectivity index (χ4n) is 4.61. The second-order valence-corrected chi connectivity index (χ2v) is 10.7. The number of hydroxylamine groups is 2. The summed E-state index contributed by atoms with van der Waals surface area (Å²) in [4.78, 5) is 24.8. The Morgan fingerprint density at radius 2 is 1.76 bits per heavy atom. The van der Waals surface area contributed by atoms with Crippen molar-refractivity contribution in [3.8, 4) is 0 Å². The van der Waals surface area contributed by atoms with E-state index < -0.39 is 17.2 Å². The summed E-state index contributed by atoms with van der Waals surface area (Å²) in [7, 11) is 0. The molecule has 1 saturated heterocycles. The van der Waals surface area contributed by atoms with Crippen molar-refractivity contribution in [2.24, 2.45) is 5.92 Å². The van der Waals surface area contributed by atoms with E-state index in [2.05, 4.69) is 24.5 Å². The van der Waals surface area contributed by atoms with Gasteiger partial charge in [-0.2, -0.15) is 5.06 Å². The van der Waals surface area contributed by atoms with Crippen LogP contribution in [-0.2, 0) is 16.1 Å². The Morgan fingerprint density at radius 3 is 2.33 bits per heavy atom. The number of piperidine rings is 1. The minimum absolute atomic E-state index is 0.00292. The molecular formula is C26H41N3O4. The van der Waals surface area contributed by atoms with E-state index in [1.165, 1.54) is 5.06 Å². The Labute approximate surface area is 198 Å². The molecule has 0 spiro atoms. The highest BCUT2D eigenvalue weighted by Gasteiger charge is 2.45. The maximum atomic E-state index is 12.5. The van der Waals surface area contributed by atoms with Crippen LogP contribution in [0.3, 0.4) is 0 Å². The molecule has 1 aliphatic heterocycles. The van der Waals surface area contributed by atoms with Crippen LogP contribution in [0.1, 0.15) is 72.8 Å². The van der Waals surface area contributed by atoms with Crippen LogP contribution >= 0.6 is 0 Å². The molecule has 0 aliphatic carbocycles. The molecule has 2 amide bonds. The number of carbonyl (C=O) groups excluding carboxylic acids is 2. The molecule has 1 aliphatic rings. The highest BCUT2D eigenvalue weighted by molar-refractivity contribution is 5.77. The summed E-state index contributed by atoms with van der Waals surface area (Å²) in [6.45, 7) is 12.3. The van der Waals surface area contributed by atoms with Crippen LogP contribution in [0, 0.1) is 5.92 Å². The highest BCUT2D eigenvalue weighted by atomic mass is 16.5. The molecule has 7 nitrogen and oxygen atoms in total. The lowest BCUT2D eigenvalue weighted by Crippen LogP contribution is -2.62. The van der Waals surface area contributed by atoms with E-state index >= 15 is 0 Å². The van der Waals surface area contributed by atoms with Gasteiger partial charge in [-0.25, -0.2) is 4.79 Å². The molecule has 1 fully saturated rings. The summed E-state index contributed by atoms with van der Waals surface area (Å²) in [5.41, 5.74) is 0.0998. The molecule has 0 unspecified atom stereocenters. The maximum Gasteiger partial charge on any atom is 0.407 e. The normalized spacial score (nSPS) is 19.4. The lowest BCUT2D eigenvalue weighted by molar-refractivity contribution is -0.246.